The van der Waals surface area contributed by atoms with Crippen LogP contribution in [0.1, 0.15) is 19.8 Å². The fraction of sp³-hybridized carbons (Fsp3) is 0.611. The number of piperazine rings is 1. The fourth-order valence-electron chi connectivity index (χ4n) is 2.84. The summed E-state index contributed by atoms with van der Waals surface area (Å²) < 4.78 is 13.9. The van der Waals surface area contributed by atoms with Crippen molar-refractivity contribution in [2.45, 2.75) is 19.8 Å². The number of halogens is 2. The first-order valence-corrected chi connectivity index (χ1v) is 10.2. The Morgan fingerprint density at radius 1 is 1.20 bits per heavy atom. The number of unbranched alkanes of at least 4 members (excludes halogenated alkanes) is 1. The zero-order valence-corrected chi connectivity index (χ0v) is 18.4. The summed E-state index contributed by atoms with van der Waals surface area (Å²) in [5, 5.41) is 3.39. The van der Waals surface area contributed by atoms with Gasteiger partial charge in [0.15, 0.2) is 5.96 Å². The summed E-state index contributed by atoms with van der Waals surface area (Å²) in [5.74, 6) is 2.06. The Labute approximate surface area is 172 Å². The van der Waals surface area contributed by atoms with Gasteiger partial charge in [-0.25, -0.2) is 4.39 Å². The highest BCUT2D eigenvalue weighted by Crippen LogP contribution is 2.20. The zero-order valence-electron chi connectivity index (χ0n) is 15.2. The molecule has 0 atom stereocenters. The van der Waals surface area contributed by atoms with Crippen molar-refractivity contribution in [3.8, 4) is 0 Å². The fourth-order valence-corrected chi connectivity index (χ4v) is 3.33. The number of anilines is 1. The van der Waals surface area contributed by atoms with Crippen LogP contribution >= 0.6 is 35.7 Å². The number of nitrogens with one attached hydrogen (secondary N) is 1. The normalized spacial score (nSPS) is 15.1. The van der Waals surface area contributed by atoms with Crippen molar-refractivity contribution < 1.29 is 4.39 Å². The monoisotopic (exact) mass is 480 g/mol. The van der Waals surface area contributed by atoms with Crippen LogP contribution in [0, 0.1) is 5.82 Å². The average Bonchev–Trinajstić information content (AvgIpc) is 2.61. The number of hydrogen-bond donors (Lipinski definition) is 1. The van der Waals surface area contributed by atoms with Crippen molar-refractivity contribution in [3.05, 3.63) is 30.1 Å². The van der Waals surface area contributed by atoms with Gasteiger partial charge in [0.1, 0.15) is 5.82 Å². The molecule has 2 rings (SSSR count). The number of rotatable bonds is 7. The van der Waals surface area contributed by atoms with Gasteiger partial charge in [0.05, 0.1) is 5.69 Å². The first kappa shape index (κ1) is 22.3. The molecule has 0 radical (unpaired) electrons. The van der Waals surface area contributed by atoms with E-state index in [2.05, 4.69) is 28.3 Å². The van der Waals surface area contributed by atoms with Crippen LogP contribution in [0.2, 0.25) is 0 Å². The van der Waals surface area contributed by atoms with Gasteiger partial charge in [0, 0.05) is 39.3 Å². The van der Waals surface area contributed by atoms with Gasteiger partial charge in [-0.05, 0) is 43.9 Å². The number of hydrogen-bond acceptors (Lipinski definition) is 3. The summed E-state index contributed by atoms with van der Waals surface area (Å²) in [6.07, 6.45) is 4.48. The highest BCUT2D eigenvalue weighted by atomic mass is 127. The summed E-state index contributed by atoms with van der Waals surface area (Å²) in [7, 11) is 0. The first-order valence-electron chi connectivity index (χ1n) is 8.78. The second-order valence-electron chi connectivity index (χ2n) is 5.86. The minimum Gasteiger partial charge on any atom is -0.366 e. The maximum absolute atomic E-state index is 13.9. The maximum atomic E-state index is 13.9. The smallest absolute Gasteiger partial charge is 0.194 e. The molecule has 1 heterocycles. The molecule has 0 bridgehead atoms. The predicted octanol–water partition coefficient (Wildman–Crippen LogP) is 3.67. The summed E-state index contributed by atoms with van der Waals surface area (Å²) in [4.78, 5) is 9.16. The number of benzene rings is 1. The van der Waals surface area contributed by atoms with Crippen LogP contribution in [0.4, 0.5) is 10.1 Å². The Bertz CT molecular complexity index is 522. The van der Waals surface area contributed by atoms with E-state index >= 15 is 0 Å². The standard InChI is InChI=1S/C18H29FN4S.HI/c1-3-20-18(21-10-6-7-15-24-2)23-13-11-22(12-14-23)17-9-5-4-8-16(17)19;/h4-5,8-9H,3,6-7,10-15H2,1-2H3,(H,20,21);1H. The second kappa shape index (κ2) is 12.6. The number of aliphatic imine (C=N–C) groups is 1. The van der Waals surface area contributed by atoms with E-state index in [0.717, 1.165) is 51.6 Å². The highest BCUT2D eigenvalue weighted by molar-refractivity contribution is 14.0. The van der Waals surface area contributed by atoms with Crippen LogP contribution in [0.5, 0.6) is 0 Å². The van der Waals surface area contributed by atoms with Gasteiger partial charge in [-0.15, -0.1) is 24.0 Å². The summed E-state index contributed by atoms with van der Waals surface area (Å²) in [6, 6.07) is 7.02. The van der Waals surface area contributed by atoms with Crippen molar-refractivity contribution in [2.75, 3.05) is 56.2 Å². The molecule has 0 saturated carbocycles. The number of guanidine groups is 1. The largest absolute Gasteiger partial charge is 0.366 e. The molecular formula is C18H30FIN4S. The molecule has 4 nitrogen and oxygen atoms in total. The van der Waals surface area contributed by atoms with E-state index < -0.39 is 0 Å². The molecule has 7 heteroatoms. The van der Waals surface area contributed by atoms with E-state index in [4.69, 9.17) is 4.99 Å². The molecule has 1 aliphatic rings. The Hall–Kier alpha value is -0.700. The maximum Gasteiger partial charge on any atom is 0.194 e. The summed E-state index contributed by atoms with van der Waals surface area (Å²) in [5.41, 5.74) is 0.705. The Kier molecular flexibility index (Phi) is 11.3. The molecule has 0 aliphatic carbocycles. The molecule has 142 valence electrons. The van der Waals surface area contributed by atoms with E-state index in [1.54, 1.807) is 6.07 Å². The van der Waals surface area contributed by atoms with Gasteiger partial charge in [0.2, 0.25) is 0 Å². The predicted molar refractivity (Wildman–Crippen MR) is 119 cm³/mol. The van der Waals surface area contributed by atoms with Crippen LogP contribution in [0.25, 0.3) is 0 Å². The molecule has 1 aromatic rings. The minimum absolute atomic E-state index is 0. The van der Waals surface area contributed by atoms with Gasteiger partial charge >= 0.3 is 0 Å². The van der Waals surface area contributed by atoms with Crippen LogP contribution in [0.3, 0.4) is 0 Å². The van der Waals surface area contributed by atoms with Gasteiger partial charge in [-0.3, -0.25) is 4.99 Å². The first-order chi connectivity index (χ1) is 11.8. The molecule has 1 fully saturated rings. The topological polar surface area (TPSA) is 30.9 Å². The molecule has 1 aliphatic heterocycles. The molecule has 1 aromatic carbocycles. The molecule has 25 heavy (non-hydrogen) atoms. The van der Waals surface area contributed by atoms with Crippen LogP contribution in [-0.2, 0) is 0 Å². The lowest BCUT2D eigenvalue weighted by Crippen LogP contribution is -2.52. The number of nitrogens with zero attached hydrogens (tertiary/aromatic N) is 3. The molecule has 0 amide bonds. The lowest BCUT2D eigenvalue weighted by molar-refractivity contribution is 0.370. The van der Waals surface area contributed by atoms with Crippen molar-refractivity contribution in [3.63, 3.8) is 0 Å². The molecule has 1 N–H and O–H groups in total. The lowest BCUT2D eigenvalue weighted by Gasteiger charge is -2.37. The van der Waals surface area contributed by atoms with Gasteiger partial charge in [-0.1, -0.05) is 12.1 Å². The quantitative estimate of drug-likeness (QED) is 0.279. The molecule has 0 aromatic heterocycles. The third kappa shape index (κ3) is 7.21. The van der Waals surface area contributed by atoms with Gasteiger partial charge < -0.3 is 15.1 Å². The van der Waals surface area contributed by atoms with Crippen molar-refractivity contribution in [1.82, 2.24) is 10.2 Å². The minimum atomic E-state index is -0.139. The summed E-state index contributed by atoms with van der Waals surface area (Å²) >= 11 is 1.89. The third-order valence-corrected chi connectivity index (χ3v) is 4.82. The van der Waals surface area contributed by atoms with Crippen LogP contribution in [-0.4, -0.2) is 62.1 Å². The Balaban J connectivity index is 0.00000312. The van der Waals surface area contributed by atoms with E-state index in [0.29, 0.717) is 5.69 Å². The van der Waals surface area contributed by atoms with Gasteiger partial charge in [-0.2, -0.15) is 11.8 Å². The zero-order chi connectivity index (χ0) is 17.2. The average molecular weight is 480 g/mol. The van der Waals surface area contributed by atoms with E-state index in [9.17, 15) is 4.39 Å². The van der Waals surface area contributed by atoms with Crippen molar-refractivity contribution in [2.24, 2.45) is 4.99 Å². The lowest BCUT2D eigenvalue weighted by atomic mass is 10.2. The molecular weight excluding hydrogens is 450 g/mol. The Morgan fingerprint density at radius 2 is 1.92 bits per heavy atom. The molecule has 0 spiro atoms. The van der Waals surface area contributed by atoms with E-state index in [1.165, 1.54) is 18.2 Å². The highest BCUT2D eigenvalue weighted by Gasteiger charge is 2.21. The van der Waals surface area contributed by atoms with Crippen molar-refractivity contribution in [1.29, 1.82) is 0 Å². The van der Waals surface area contributed by atoms with Gasteiger partial charge in [0.25, 0.3) is 0 Å². The third-order valence-electron chi connectivity index (χ3n) is 4.13. The number of thioether (sulfide) groups is 1. The Morgan fingerprint density at radius 3 is 2.56 bits per heavy atom. The van der Waals surface area contributed by atoms with E-state index in [-0.39, 0.29) is 29.8 Å². The van der Waals surface area contributed by atoms with E-state index in [1.807, 2.05) is 23.9 Å². The second-order valence-corrected chi connectivity index (χ2v) is 6.85. The van der Waals surface area contributed by atoms with Crippen LogP contribution < -0.4 is 10.2 Å². The molecule has 0 unspecified atom stereocenters. The van der Waals surface area contributed by atoms with Crippen molar-refractivity contribution >= 4 is 47.4 Å². The SMILES string of the molecule is CCNC(=NCCCCSC)N1CCN(c2ccccc2F)CC1.I. The molecule has 1 saturated heterocycles. The van der Waals surface area contributed by atoms with Crippen LogP contribution in [0.15, 0.2) is 29.3 Å². The summed E-state index contributed by atoms with van der Waals surface area (Å²) in [6.45, 7) is 7.21. The number of para-hydroxylation sites is 1.